The summed E-state index contributed by atoms with van der Waals surface area (Å²) in [5, 5.41) is 3.34. The zero-order valence-electron chi connectivity index (χ0n) is 12.7. The van der Waals surface area contributed by atoms with Gasteiger partial charge in [-0.15, -0.1) is 11.3 Å². The third kappa shape index (κ3) is 4.96. The molecular weight excluding hydrogens is 355 g/mol. The van der Waals surface area contributed by atoms with Crippen molar-refractivity contribution >= 4 is 57.6 Å². The molecule has 0 aliphatic rings. The van der Waals surface area contributed by atoms with Gasteiger partial charge in [-0.2, -0.15) is 0 Å². The molecule has 0 bridgehead atoms. The van der Waals surface area contributed by atoms with Crippen LogP contribution in [0.25, 0.3) is 0 Å². The summed E-state index contributed by atoms with van der Waals surface area (Å²) < 4.78 is 0.562. The lowest BCUT2D eigenvalue weighted by atomic mass is 10.2. The number of nitrogens with one attached hydrogen (secondary N) is 1. The van der Waals surface area contributed by atoms with Crippen LogP contribution in [0.4, 0.5) is 11.4 Å². The van der Waals surface area contributed by atoms with Crippen LogP contribution in [-0.2, 0) is 4.79 Å². The Morgan fingerprint density at radius 3 is 2.48 bits per heavy atom. The van der Waals surface area contributed by atoms with Gasteiger partial charge in [-0.25, -0.2) is 0 Å². The van der Waals surface area contributed by atoms with E-state index in [0.717, 1.165) is 5.69 Å². The maximum atomic E-state index is 12.1. The topological polar surface area (TPSA) is 49.4 Å². The number of amides is 1. The fourth-order valence-electron chi connectivity index (χ4n) is 2.03. The molecule has 0 radical (unpaired) electrons. The van der Waals surface area contributed by atoms with Gasteiger partial charge in [-0.1, -0.05) is 23.2 Å². The Labute approximate surface area is 149 Å². The van der Waals surface area contributed by atoms with E-state index in [-0.39, 0.29) is 24.5 Å². The van der Waals surface area contributed by atoms with Crippen LogP contribution >= 0.6 is 34.5 Å². The monoisotopic (exact) mass is 370 g/mol. The molecule has 2 aromatic rings. The minimum atomic E-state index is -0.230. The van der Waals surface area contributed by atoms with Crippen LogP contribution < -0.4 is 10.2 Å². The van der Waals surface area contributed by atoms with Gasteiger partial charge in [-0.3, -0.25) is 9.59 Å². The number of nitrogens with zero attached hydrogens (tertiary/aromatic N) is 1. The van der Waals surface area contributed by atoms with E-state index in [1.54, 1.807) is 24.3 Å². The van der Waals surface area contributed by atoms with E-state index in [1.165, 1.54) is 11.3 Å². The molecule has 0 aliphatic heterocycles. The molecule has 23 heavy (non-hydrogen) atoms. The van der Waals surface area contributed by atoms with E-state index in [9.17, 15) is 9.59 Å². The summed E-state index contributed by atoms with van der Waals surface area (Å²) in [4.78, 5) is 26.5. The molecule has 0 atom stereocenters. The van der Waals surface area contributed by atoms with Crippen molar-refractivity contribution in [3.8, 4) is 0 Å². The third-order valence-corrected chi connectivity index (χ3v) is 4.65. The van der Waals surface area contributed by atoms with E-state index >= 15 is 0 Å². The Balaban J connectivity index is 1.97. The van der Waals surface area contributed by atoms with Crippen molar-refractivity contribution in [3.05, 3.63) is 44.6 Å². The van der Waals surface area contributed by atoms with Crippen LogP contribution in [0.2, 0.25) is 9.36 Å². The molecule has 7 heteroatoms. The molecule has 1 aromatic carbocycles. The van der Waals surface area contributed by atoms with Crippen molar-refractivity contribution in [3.63, 3.8) is 0 Å². The first-order valence-corrected chi connectivity index (χ1v) is 8.49. The summed E-state index contributed by atoms with van der Waals surface area (Å²) in [5.41, 5.74) is 1.47. The zero-order valence-corrected chi connectivity index (χ0v) is 15.1. The number of ketones is 1. The van der Waals surface area contributed by atoms with Crippen LogP contribution in [-0.4, -0.2) is 25.8 Å². The standard InChI is InChI=1S/C16H16Cl2N2O2S/c1-20(2)12-4-3-10(17)9-11(12)19-16(22)8-5-13(21)14-6-7-15(18)23-14/h3-4,6-7,9H,5,8H2,1-2H3,(H,19,22). The quantitative estimate of drug-likeness (QED) is 0.748. The average Bonchev–Trinajstić information content (AvgIpc) is 2.91. The molecule has 1 N–H and O–H groups in total. The van der Waals surface area contributed by atoms with Gasteiger partial charge >= 0.3 is 0 Å². The first-order valence-electron chi connectivity index (χ1n) is 6.92. The van der Waals surface area contributed by atoms with E-state index in [1.807, 2.05) is 25.1 Å². The molecule has 4 nitrogen and oxygen atoms in total. The second-order valence-electron chi connectivity index (χ2n) is 5.13. The highest BCUT2D eigenvalue weighted by Gasteiger charge is 2.13. The first-order chi connectivity index (χ1) is 10.9. The number of halogens is 2. The van der Waals surface area contributed by atoms with E-state index in [4.69, 9.17) is 23.2 Å². The fraction of sp³-hybridized carbons (Fsp3) is 0.250. The summed E-state index contributed by atoms with van der Waals surface area (Å²) in [6.07, 6.45) is 0.244. The van der Waals surface area contributed by atoms with Crippen molar-refractivity contribution in [2.24, 2.45) is 0 Å². The minimum absolute atomic E-state index is 0.0871. The first kappa shape index (κ1) is 17.8. The molecule has 0 fully saturated rings. The molecule has 2 rings (SSSR count). The Bertz CT molecular complexity index is 729. The van der Waals surface area contributed by atoms with Crippen LogP contribution in [0.15, 0.2) is 30.3 Å². The second kappa shape index (κ2) is 7.81. The lowest BCUT2D eigenvalue weighted by Gasteiger charge is -2.18. The summed E-state index contributed by atoms with van der Waals surface area (Å²) in [5.74, 6) is -0.317. The molecule has 0 unspecified atom stereocenters. The van der Waals surface area contributed by atoms with E-state index in [2.05, 4.69) is 5.32 Å². The highest BCUT2D eigenvalue weighted by atomic mass is 35.5. The van der Waals surface area contributed by atoms with Crippen LogP contribution in [0.5, 0.6) is 0 Å². The second-order valence-corrected chi connectivity index (χ2v) is 7.28. The maximum absolute atomic E-state index is 12.1. The molecule has 0 saturated heterocycles. The van der Waals surface area contributed by atoms with Gasteiger partial charge in [0.25, 0.3) is 0 Å². The van der Waals surface area contributed by atoms with Crippen molar-refractivity contribution in [2.45, 2.75) is 12.8 Å². The van der Waals surface area contributed by atoms with Crippen LogP contribution in [0, 0.1) is 0 Å². The lowest BCUT2D eigenvalue weighted by molar-refractivity contribution is -0.116. The number of anilines is 2. The normalized spacial score (nSPS) is 10.4. The van der Waals surface area contributed by atoms with Crippen molar-refractivity contribution < 1.29 is 9.59 Å². The largest absolute Gasteiger partial charge is 0.376 e. The van der Waals surface area contributed by atoms with Crippen LogP contribution in [0.1, 0.15) is 22.5 Å². The summed E-state index contributed by atoms with van der Waals surface area (Å²) in [7, 11) is 3.76. The third-order valence-electron chi connectivity index (χ3n) is 3.14. The maximum Gasteiger partial charge on any atom is 0.224 e. The minimum Gasteiger partial charge on any atom is -0.376 e. The number of hydrogen-bond donors (Lipinski definition) is 1. The molecule has 122 valence electrons. The molecule has 1 aromatic heterocycles. The summed E-state index contributed by atoms with van der Waals surface area (Å²) in [6, 6.07) is 8.63. The van der Waals surface area contributed by atoms with Gasteiger partial charge < -0.3 is 10.2 Å². The number of thiophene rings is 1. The Morgan fingerprint density at radius 1 is 1.13 bits per heavy atom. The number of Topliss-reactive ketones (excluding diaryl/α,β-unsaturated/α-hetero) is 1. The molecular formula is C16H16Cl2N2O2S. The number of rotatable bonds is 6. The predicted molar refractivity (Wildman–Crippen MR) is 97.3 cm³/mol. The van der Waals surface area contributed by atoms with Gasteiger partial charge in [0.05, 0.1) is 20.6 Å². The Kier molecular flexibility index (Phi) is 6.04. The fourth-order valence-corrected chi connectivity index (χ4v) is 3.21. The average molecular weight is 371 g/mol. The van der Waals surface area contributed by atoms with E-state index in [0.29, 0.717) is 19.9 Å². The Hall–Kier alpha value is -1.56. The number of benzene rings is 1. The number of carbonyl (C=O) groups is 2. The number of hydrogen-bond acceptors (Lipinski definition) is 4. The molecule has 0 aliphatic carbocycles. The highest BCUT2D eigenvalue weighted by molar-refractivity contribution is 7.18. The lowest BCUT2D eigenvalue weighted by Crippen LogP contribution is -2.17. The van der Waals surface area contributed by atoms with Crippen molar-refractivity contribution in [1.29, 1.82) is 0 Å². The van der Waals surface area contributed by atoms with Gasteiger partial charge in [0.2, 0.25) is 5.91 Å². The van der Waals surface area contributed by atoms with E-state index < -0.39 is 0 Å². The number of carbonyl (C=O) groups excluding carboxylic acids is 2. The van der Waals surface area contributed by atoms with Gasteiger partial charge in [-0.05, 0) is 30.3 Å². The Morgan fingerprint density at radius 2 is 1.87 bits per heavy atom. The van der Waals surface area contributed by atoms with Crippen molar-refractivity contribution in [2.75, 3.05) is 24.3 Å². The van der Waals surface area contributed by atoms with Gasteiger partial charge in [0.15, 0.2) is 5.78 Å². The molecule has 0 spiro atoms. The van der Waals surface area contributed by atoms with Crippen molar-refractivity contribution in [1.82, 2.24) is 0 Å². The summed E-state index contributed by atoms with van der Waals surface area (Å²) in [6.45, 7) is 0. The SMILES string of the molecule is CN(C)c1ccc(Cl)cc1NC(=O)CCC(=O)c1ccc(Cl)s1. The predicted octanol–water partition coefficient (Wildman–Crippen LogP) is 4.72. The molecule has 1 heterocycles. The smallest absolute Gasteiger partial charge is 0.224 e. The molecule has 1 amide bonds. The van der Waals surface area contributed by atoms with Gasteiger partial charge in [0.1, 0.15) is 0 Å². The van der Waals surface area contributed by atoms with Crippen LogP contribution in [0.3, 0.4) is 0 Å². The highest BCUT2D eigenvalue weighted by Crippen LogP contribution is 2.28. The van der Waals surface area contributed by atoms with Gasteiger partial charge in [0, 0.05) is 32.0 Å². The zero-order chi connectivity index (χ0) is 17.0. The summed E-state index contributed by atoms with van der Waals surface area (Å²) >= 11 is 13.0. The molecule has 0 saturated carbocycles.